The Bertz CT molecular complexity index is 1060. The van der Waals surface area contributed by atoms with E-state index in [1.807, 2.05) is 54.6 Å². The van der Waals surface area contributed by atoms with Crippen molar-refractivity contribution < 1.29 is 9.26 Å². The number of ether oxygens (including phenoxy) is 1. The average molecular weight is 391 g/mol. The van der Waals surface area contributed by atoms with Crippen LogP contribution in [0, 0.1) is 0 Å². The Labute approximate surface area is 168 Å². The largest absolute Gasteiger partial charge is 0.494 e. The maximum atomic E-state index is 6.21. The van der Waals surface area contributed by atoms with Gasteiger partial charge in [0.2, 0.25) is 5.82 Å². The Kier molecular flexibility index (Phi) is 5.40. The molecule has 0 saturated heterocycles. The molecule has 140 valence electrons. The van der Waals surface area contributed by atoms with Gasteiger partial charge >= 0.3 is 0 Å². The predicted octanol–water partition coefficient (Wildman–Crippen LogP) is 6.51. The number of hydrogen-bond acceptors (Lipinski definition) is 4. The van der Waals surface area contributed by atoms with Crippen LogP contribution in [0.3, 0.4) is 0 Å². The molecule has 0 fully saturated rings. The maximum Gasteiger partial charge on any atom is 0.258 e. The van der Waals surface area contributed by atoms with Crippen LogP contribution in [0.4, 0.5) is 0 Å². The van der Waals surface area contributed by atoms with Crippen molar-refractivity contribution in [1.82, 2.24) is 10.1 Å². The first-order chi connectivity index (χ1) is 13.7. The first-order valence-electron chi connectivity index (χ1n) is 9.17. The highest BCUT2D eigenvalue weighted by Crippen LogP contribution is 2.29. The van der Waals surface area contributed by atoms with Crippen molar-refractivity contribution in [2.45, 2.75) is 13.3 Å². The molecule has 0 aliphatic carbocycles. The Balaban J connectivity index is 1.53. The van der Waals surface area contributed by atoms with Crippen LogP contribution < -0.4 is 4.74 Å². The van der Waals surface area contributed by atoms with Gasteiger partial charge in [-0.25, -0.2) is 0 Å². The predicted molar refractivity (Wildman–Crippen MR) is 111 cm³/mol. The summed E-state index contributed by atoms with van der Waals surface area (Å²) in [5.41, 5.74) is 3.84. The SMILES string of the molecule is CCCOc1ccc(-c2ccc(-c3nc(-c4ccccc4Cl)no3)cc2)cc1. The first kappa shape index (κ1) is 18.3. The summed E-state index contributed by atoms with van der Waals surface area (Å²) in [6.07, 6.45) is 0.997. The lowest BCUT2D eigenvalue weighted by atomic mass is 10.0. The molecule has 0 saturated carbocycles. The molecule has 0 atom stereocenters. The highest BCUT2D eigenvalue weighted by Gasteiger charge is 2.13. The van der Waals surface area contributed by atoms with Gasteiger partial charge < -0.3 is 9.26 Å². The fraction of sp³-hybridized carbons (Fsp3) is 0.130. The number of hydrogen-bond donors (Lipinski definition) is 0. The summed E-state index contributed by atoms with van der Waals surface area (Å²) >= 11 is 6.21. The van der Waals surface area contributed by atoms with Crippen molar-refractivity contribution in [2.75, 3.05) is 6.61 Å². The molecular formula is C23H19ClN2O2. The first-order valence-corrected chi connectivity index (χ1v) is 9.54. The standard InChI is InChI=1S/C23H19ClN2O2/c1-2-15-27-19-13-11-17(12-14-19)16-7-9-18(10-8-16)23-25-22(26-28-23)20-5-3-4-6-21(20)24/h3-14H,2,15H2,1H3. The summed E-state index contributed by atoms with van der Waals surface area (Å²) in [6, 6.07) is 23.6. The van der Waals surface area contributed by atoms with E-state index in [0.717, 1.165) is 41.0 Å². The van der Waals surface area contributed by atoms with E-state index in [9.17, 15) is 0 Å². The lowest BCUT2D eigenvalue weighted by Crippen LogP contribution is -1.94. The van der Waals surface area contributed by atoms with E-state index in [2.05, 4.69) is 29.2 Å². The van der Waals surface area contributed by atoms with Gasteiger partial charge in [0.05, 0.1) is 11.6 Å². The van der Waals surface area contributed by atoms with E-state index in [1.54, 1.807) is 6.07 Å². The molecule has 0 unspecified atom stereocenters. The van der Waals surface area contributed by atoms with Gasteiger partial charge in [-0.05, 0) is 53.9 Å². The Morgan fingerprint density at radius 2 is 1.50 bits per heavy atom. The minimum Gasteiger partial charge on any atom is -0.494 e. The second-order valence-electron chi connectivity index (χ2n) is 6.35. The van der Waals surface area contributed by atoms with Crippen LogP contribution in [0.2, 0.25) is 5.02 Å². The van der Waals surface area contributed by atoms with Gasteiger partial charge in [0.1, 0.15) is 5.75 Å². The molecule has 0 spiro atoms. The smallest absolute Gasteiger partial charge is 0.258 e. The van der Waals surface area contributed by atoms with Crippen molar-refractivity contribution in [2.24, 2.45) is 0 Å². The van der Waals surface area contributed by atoms with Gasteiger partial charge in [0, 0.05) is 11.1 Å². The van der Waals surface area contributed by atoms with Crippen molar-refractivity contribution in [3.8, 4) is 39.7 Å². The van der Waals surface area contributed by atoms with Gasteiger partial charge in [-0.2, -0.15) is 4.98 Å². The molecule has 0 aliphatic rings. The second kappa shape index (κ2) is 8.28. The molecule has 0 N–H and O–H groups in total. The Morgan fingerprint density at radius 1 is 0.857 bits per heavy atom. The third kappa shape index (κ3) is 3.92. The van der Waals surface area contributed by atoms with Crippen LogP contribution in [-0.4, -0.2) is 16.7 Å². The quantitative estimate of drug-likeness (QED) is 0.376. The summed E-state index contributed by atoms with van der Waals surface area (Å²) in [7, 11) is 0. The minimum absolute atomic E-state index is 0.463. The Hall–Kier alpha value is -3.11. The third-order valence-electron chi connectivity index (χ3n) is 4.33. The number of benzene rings is 3. The molecule has 4 rings (SSSR count). The molecule has 28 heavy (non-hydrogen) atoms. The lowest BCUT2D eigenvalue weighted by Gasteiger charge is -2.06. The zero-order valence-electron chi connectivity index (χ0n) is 15.4. The van der Waals surface area contributed by atoms with Crippen LogP contribution in [0.5, 0.6) is 5.75 Å². The number of nitrogens with zero attached hydrogens (tertiary/aromatic N) is 2. The van der Waals surface area contributed by atoms with E-state index in [1.165, 1.54) is 0 Å². The minimum atomic E-state index is 0.463. The van der Waals surface area contributed by atoms with E-state index < -0.39 is 0 Å². The Morgan fingerprint density at radius 3 is 2.18 bits per heavy atom. The average Bonchev–Trinajstić information content (AvgIpc) is 3.23. The van der Waals surface area contributed by atoms with E-state index in [-0.39, 0.29) is 0 Å². The molecule has 0 bridgehead atoms. The van der Waals surface area contributed by atoms with E-state index in [4.69, 9.17) is 20.9 Å². The molecule has 4 aromatic rings. The van der Waals surface area contributed by atoms with E-state index >= 15 is 0 Å². The monoisotopic (exact) mass is 390 g/mol. The van der Waals surface area contributed by atoms with Crippen molar-refractivity contribution in [3.63, 3.8) is 0 Å². The lowest BCUT2D eigenvalue weighted by molar-refractivity contribution is 0.317. The van der Waals surface area contributed by atoms with Gasteiger partial charge in [-0.1, -0.05) is 60.1 Å². The fourth-order valence-corrected chi connectivity index (χ4v) is 3.08. The summed E-state index contributed by atoms with van der Waals surface area (Å²) in [4.78, 5) is 4.48. The topological polar surface area (TPSA) is 48.2 Å². The molecule has 4 nitrogen and oxygen atoms in total. The summed E-state index contributed by atoms with van der Waals surface area (Å²) in [6.45, 7) is 2.82. The molecule has 1 aromatic heterocycles. The van der Waals surface area contributed by atoms with Crippen molar-refractivity contribution in [3.05, 3.63) is 77.8 Å². The molecule has 0 radical (unpaired) electrons. The van der Waals surface area contributed by atoms with Crippen LogP contribution in [0.1, 0.15) is 13.3 Å². The second-order valence-corrected chi connectivity index (χ2v) is 6.76. The van der Waals surface area contributed by atoms with Crippen LogP contribution in [0.15, 0.2) is 77.3 Å². The molecule has 1 heterocycles. The number of halogens is 1. The number of aromatic nitrogens is 2. The summed E-state index contributed by atoms with van der Waals surface area (Å²) in [5.74, 6) is 1.83. The van der Waals surface area contributed by atoms with Crippen molar-refractivity contribution in [1.29, 1.82) is 0 Å². The van der Waals surface area contributed by atoms with Gasteiger partial charge in [0.15, 0.2) is 0 Å². The normalized spacial score (nSPS) is 10.8. The summed E-state index contributed by atoms with van der Waals surface area (Å²) in [5, 5.41) is 4.65. The molecule has 0 aliphatic heterocycles. The zero-order valence-corrected chi connectivity index (χ0v) is 16.2. The number of rotatable bonds is 6. The van der Waals surface area contributed by atoms with Gasteiger partial charge in [-0.3, -0.25) is 0 Å². The third-order valence-corrected chi connectivity index (χ3v) is 4.66. The van der Waals surface area contributed by atoms with Crippen LogP contribution >= 0.6 is 11.6 Å². The maximum absolute atomic E-state index is 6.21. The van der Waals surface area contributed by atoms with Crippen LogP contribution in [0.25, 0.3) is 34.0 Å². The zero-order chi connectivity index (χ0) is 19.3. The van der Waals surface area contributed by atoms with Crippen LogP contribution in [-0.2, 0) is 0 Å². The van der Waals surface area contributed by atoms with Gasteiger partial charge in [-0.15, -0.1) is 0 Å². The summed E-state index contributed by atoms with van der Waals surface area (Å²) < 4.78 is 11.1. The molecule has 5 heteroatoms. The van der Waals surface area contributed by atoms with E-state index in [0.29, 0.717) is 16.7 Å². The van der Waals surface area contributed by atoms with Gasteiger partial charge in [0.25, 0.3) is 5.89 Å². The molecule has 0 amide bonds. The van der Waals surface area contributed by atoms with Crippen molar-refractivity contribution >= 4 is 11.6 Å². The highest BCUT2D eigenvalue weighted by atomic mass is 35.5. The fourth-order valence-electron chi connectivity index (χ4n) is 2.86. The molecule has 3 aromatic carbocycles. The highest BCUT2D eigenvalue weighted by molar-refractivity contribution is 6.33. The molecular weight excluding hydrogens is 372 g/mol.